The molecule has 1 heterocycles. The zero-order chi connectivity index (χ0) is 14.1. The lowest BCUT2D eigenvalue weighted by atomic mass is 10.2. The van der Waals surface area contributed by atoms with Gasteiger partial charge in [0, 0.05) is 38.7 Å². The van der Waals surface area contributed by atoms with Crippen molar-refractivity contribution in [3.8, 4) is 6.07 Å². The third kappa shape index (κ3) is 4.71. The SMILES string of the molecule is COCCN(CCC#N)Cc1ccoc1C(=O)NN. The molecule has 0 atom stereocenters. The van der Waals surface area contributed by atoms with E-state index in [1.165, 1.54) is 6.26 Å². The van der Waals surface area contributed by atoms with E-state index in [9.17, 15) is 4.79 Å². The number of nitriles is 1. The Hall–Kier alpha value is -1.88. The molecule has 3 N–H and O–H groups in total. The minimum atomic E-state index is -0.466. The molecule has 1 aromatic rings. The second-order valence-corrected chi connectivity index (χ2v) is 3.93. The maximum absolute atomic E-state index is 11.5. The van der Waals surface area contributed by atoms with Crippen LogP contribution in [0.15, 0.2) is 16.7 Å². The average molecular weight is 266 g/mol. The van der Waals surface area contributed by atoms with Gasteiger partial charge in [0.1, 0.15) is 0 Å². The Morgan fingerprint density at radius 2 is 2.42 bits per heavy atom. The molecule has 0 aliphatic rings. The van der Waals surface area contributed by atoms with E-state index >= 15 is 0 Å². The molecule has 7 heteroatoms. The maximum atomic E-state index is 11.5. The summed E-state index contributed by atoms with van der Waals surface area (Å²) in [5.74, 6) is 4.82. The molecule has 0 fully saturated rings. The van der Waals surface area contributed by atoms with Gasteiger partial charge in [-0.25, -0.2) is 5.84 Å². The lowest BCUT2D eigenvalue weighted by Crippen LogP contribution is -2.32. The topological polar surface area (TPSA) is 105 Å². The first-order valence-electron chi connectivity index (χ1n) is 5.88. The van der Waals surface area contributed by atoms with E-state index in [0.29, 0.717) is 32.7 Å². The number of hydrogen-bond acceptors (Lipinski definition) is 6. The molecule has 0 spiro atoms. The third-order valence-electron chi connectivity index (χ3n) is 2.63. The largest absolute Gasteiger partial charge is 0.459 e. The van der Waals surface area contributed by atoms with Crippen LogP contribution in [0.5, 0.6) is 0 Å². The second kappa shape index (κ2) is 8.26. The summed E-state index contributed by atoms with van der Waals surface area (Å²) in [5.41, 5.74) is 2.77. The zero-order valence-corrected chi connectivity index (χ0v) is 10.9. The highest BCUT2D eigenvalue weighted by atomic mass is 16.5. The van der Waals surface area contributed by atoms with E-state index in [2.05, 4.69) is 6.07 Å². The standard InChI is InChI=1S/C12H18N4O3/c1-18-8-6-16(5-2-4-13)9-10-3-7-19-11(10)12(17)15-14/h3,7H,2,5-6,8-9,14H2,1H3,(H,15,17). The number of furan rings is 1. The summed E-state index contributed by atoms with van der Waals surface area (Å²) in [6.07, 6.45) is 1.86. The Morgan fingerprint density at radius 1 is 1.63 bits per heavy atom. The van der Waals surface area contributed by atoms with Crippen LogP contribution in [0.4, 0.5) is 0 Å². The number of nitrogens with one attached hydrogen (secondary N) is 1. The maximum Gasteiger partial charge on any atom is 0.301 e. The number of carbonyl (C=O) groups excluding carboxylic acids is 1. The Balaban J connectivity index is 2.69. The smallest absolute Gasteiger partial charge is 0.301 e. The van der Waals surface area contributed by atoms with Gasteiger partial charge < -0.3 is 9.15 Å². The van der Waals surface area contributed by atoms with Gasteiger partial charge in [-0.15, -0.1) is 0 Å². The summed E-state index contributed by atoms with van der Waals surface area (Å²) in [6.45, 7) is 2.34. The summed E-state index contributed by atoms with van der Waals surface area (Å²) in [7, 11) is 1.62. The Bertz CT molecular complexity index is 438. The van der Waals surface area contributed by atoms with Crippen molar-refractivity contribution >= 4 is 5.91 Å². The summed E-state index contributed by atoms with van der Waals surface area (Å²) in [4.78, 5) is 13.5. The van der Waals surface area contributed by atoms with Crippen molar-refractivity contribution in [3.63, 3.8) is 0 Å². The molecule has 104 valence electrons. The van der Waals surface area contributed by atoms with Gasteiger partial charge in [0.05, 0.1) is 18.9 Å². The lowest BCUT2D eigenvalue weighted by molar-refractivity contribution is 0.0922. The van der Waals surface area contributed by atoms with Gasteiger partial charge in [0.15, 0.2) is 5.76 Å². The van der Waals surface area contributed by atoms with E-state index in [1.807, 2.05) is 10.3 Å². The van der Waals surface area contributed by atoms with Crippen molar-refractivity contribution in [1.82, 2.24) is 10.3 Å². The van der Waals surface area contributed by atoms with Crippen LogP contribution in [-0.4, -0.2) is 37.6 Å². The minimum Gasteiger partial charge on any atom is -0.459 e. The van der Waals surface area contributed by atoms with Crippen molar-refractivity contribution in [2.75, 3.05) is 26.8 Å². The Morgan fingerprint density at radius 3 is 3.05 bits per heavy atom. The van der Waals surface area contributed by atoms with Crippen LogP contribution in [0.1, 0.15) is 22.5 Å². The van der Waals surface area contributed by atoms with Gasteiger partial charge in [0.2, 0.25) is 0 Å². The van der Waals surface area contributed by atoms with Gasteiger partial charge in [-0.2, -0.15) is 5.26 Å². The number of nitrogen functional groups attached to an aromatic ring is 1. The lowest BCUT2D eigenvalue weighted by Gasteiger charge is -2.20. The molecule has 0 unspecified atom stereocenters. The average Bonchev–Trinajstić information content (AvgIpc) is 2.89. The molecule has 1 rings (SSSR count). The van der Waals surface area contributed by atoms with E-state index in [-0.39, 0.29) is 5.76 Å². The molecule has 0 saturated carbocycles. The van der Waals surface area contributed by atoms with Gasteiger partial charge in [-0.3, -0.25) is 15.1 Å². The Labute approximate surface area is 111 Å². The van der Waals surface area contributed by atoms with Crippen LogP contribution < -0.4 is 11.3 Å². The molecule has 7 nitrogen and oxygen atoms in total. The van der Waals surface area contributed by atoms with E-state index < -0.39 is 5.91 Å². The molecule has 0 aliphatic carbocycles. The first-order valence-corrected chi connectivity index (χ1v) is 5.88. The summed E-state index contributed by atoms with van der Waals surface area (Å²) < 4.78 is 10.1. The fraction of sp³-hybridized carbons (Fsp3) is 0.500. The molecule has 19 heavy (non-hydrogen) atoms. The number of methoxy groups -OCH3 is 1. The van der Waals surface area contributed by atoms with Crippen LogP contribution >= 0.6 is 0 Å². The highest BCUT2D eigenvalue weighted by Crippen LogP contribution is 2.13. The van der Waals surface area contributed by atoms with Crippen molar-refractivity contribution in [2.45, 2.75) is 13.0 Å². The highest BCUT2D eigenvalue weighted by molar-refractivity contribution is 5.92. The number of nitrogens with two attached hydrogens (primary N) is 1. The third-order valence-corrected chi connectivity index (χ3v) is 2.63. The second-order valence-electron chi connectivity index (χ2n) is 3.93. The fourth-order valence-corrected chi connectivity index (χ4v) is 1.66. The van der Waals surface area contributed by atoms with Gasteiger partial charge in [-0.1, -0.05) is 0 Å². The van der Waals surface area contributed by atoms with Crippen LogP contribution in [-0.2, 0) is 11.3 Å². The van der Waals surface area contributed by atoms with Crippen LogP contribution in [0.3, 0.4) is 0 Å². The molecule has 0 bridgehead atoms. The molecular weight excluding hydrogens is 248 g/mol. The van der Waals surface area contributed by atoms with Crippen LogP contribution in [0.2, 0.25) is 0 Å². The normalized spacial score (nSPS) is 10.4. The summed E-state index contributed by atoms with van der Waals surface area (Å²) in [5, 5.41) is 8.64. The van der Waals surface area contributed by atoms with E-state index in [1.54, 1.807) is 13.2 Å². The van der Waals surface area contributed by atoms with Crippen molar-refractivity contribution in [1.29, 1.82) is 5.26 Å². The summed E-state index contributed by atoms with van der Waals surface area (Å²) >= 11 is 0. The van der Waals surface area contributed by atoms with E-state index in [4.69, 9.17) is 20.3 Å². The van der Waals surface area contributed by atoms with Gasteiger partial charge >= 0.3 is 5.91 Å². The van der Waals surface area contributed by atoms with E-state index in [0.717, 1.165) is 5.56 Å². The number of rotatable bonds is 8. The molecule has 0 aromatic carbocycles. The fourth-order valence-electron chi connectivity index (χ4n) is 1.66. The highest BCUT2D eigenvalue weighted by Gasteiger charge is 2.16. The number of amides is 1. The zero-order valence-electron chi connectivity index (χ0n) is 10.9. The molecular formula is C12H18N4O3. The van der Waals surface area contributed by atoms with Gasteiger partial charge in [-0.05, 0) is 6.07 Å². The monoisotopic (exact) mass is 266 g/mol. The number of nitrogens with zero attached hydrogens (tertiary/aromatic N) is 2. The predicted octanol–water partition coefficient (Wildman–Crippen LogP) is 0.245. The molecule has 0 radical (unpaired) electrons. The molecule has 1 amide bonds. The molecule has 0 aliphatic heterocycles. The molecule has 1 aromatic heterocycles. The minimum absolute atomic E-state index is 0.196. The van der Waals surface area contributed by atoms with Crippen molar-refractivity contribution in [3.05, 3.63) is 23.7 Å². The number of hydrazine groups is 1. The number of hydrogen-bond donors (Lipinski definition) is 2. The quantitative estimate of drug-likeness (QED) is 0.397. The van der Waals surface area contributed by atoms with Gasteiger partial charge in [0.25, 0.3) is 0 Å². The first-order chi connectivity index (χ1) is 9.22. The van der Waals surface area contributed by atoms with Crippen LogP contribution in [0.25, 0.3) is 0 Å². The Kier molecular flexibility index (Phi) is 6.60. The van der Waals surface area contributed by atoms with Crippen molar-refractivity contribution in [2.24, 2.45) is 5.84 Å². The molecule has 0 saturated heterocycles. The number of carbonyl (C=O) groups is 1. The van der Waals surface area contributed by atoms with Crippen molar-refractivity contribution < 1.29 is 13.9 Å². The number of ether oxygens (including phenoxy) is 1. The van der Waals surface area contributed by atoms with Crippen LogP contribution in [0, 0.1) is 11.3 Å². The predicted molar refractivity (Wildman–Crippen MR) is 67.7 cm³/mol. The first kappa shape index (κ1) is 15.2. The summed E-state index contributed by atoms with van der Waals surface area (Å²) in [6, 6.07) is 3.82.